The third-order valence-corrected chi connectivity index (χ3v) is 7.71. The quantitative estimate of drug-likeness (QED) is 0.0437. The van der Waals surface area contributed by atoms with E-state index in [4.69, 9.17) is 9.84 Å². The van der Waals surface area contributed by atoms with Gasteiger partial charge in [-0.3, -0.25) is 4.79 Å². The van der Waals surface area contributed by atoms with E-state index in [0.29, 0.717) is 0 Å². The van der Waals surface area contributed by atoms with E-state index in [0.717, 1.165) is 38.5 Å². The Labute approximate surface area is 238 Å². The van der Waals surface area contributed by atoms with Crippen molar-refractivity contribution in [2.45, 2.75) is 179 Å². The van der Waals surface area contributed by atoms with Crippen LogP contribution < -0.4 is 0 Å². The number of carbonyl (C=O) groups excluding carboxylic acids is 1. The molecule has 8 nitrogen and oxygen atoms in total. The number of rotatable bonds is 28. The number of hydrogen-bond donors (Lipinski definition) is 6. The molecule has 0 aliphatic rings. The second-order valence-corrected chi connectivity index (χ2v) is 11.4. The number of carbonyl (C=O) groups is 1. The summed E-state index contributed by atoms with van der Waals surface area (Å²) in [7, 11) is 0. The van der Waals surface area contributed by atoms with Crippen molar-refractivity contribution in [1.29, 1.82) is 0 Å². The molecule has 0 aliphatic carbocycles. The van der Waals surface area contributed by atoms with E-state index >= 15 is 0 Å². The molecular weight excluding hydrogens is 500 g/mol. The Balaban J connectivity index is 4.54. The standard InChI is InChI=1S/C31H62O8/c1-3-5-7-9-11-13-14-16-18-20-22-25(21-19-17-15-12-10-8-6-4-2)23-27(34)39-31(38)30(37)29(36)28(35)26(33)24-32/h25-26,28-33,35-38H,3-24H2,1-2H3/t25?,26-,28-,29+,30-,31?/m1/s1. The average Bonchev–Trinajstić information content (AvgIpc) is 2.93. The molecule has 2 unspecified atom stereocenters. The minimum absolute atomic E-state index is 0.121. The van der Waals surface area contributed by atoms with Crippen molar-refractivity contribution in [3.05, 3.63) is 0 Å². The van der Waals surface area contributed by atoms with Gasteiger partial charge in [0.1, 0.15) is 24.4 Å². The molecule has 39 heavy (non-hydrogen) atoms. The Hall–Kier alpha value is -0.770. The molecule has 0 saturated heterocycles. The molecule has 0 aromatic carbocycles. The normalized spacial score (nSPS) is 16.4. The zero-order chi connectivity index (χ0) is 29.3. The molecule has 0 aromatic rings. The van der Waals surface area contributed by atoms with E-state index in [1.807, 2.05) is 0 Å². The van der Waals surface area contributed by atoms with Crippen molar-refractivity contribution in [3.8, 4) is 0 Å². The molecular formula is C31H62O8. The van der Waals surface area contributed by atoms with Crippen LogP contribution in [0.25, 0.3) is 0 Å². The van der Waals surface area contributed by atoms with Gasteiger partial charge in [0, 0.05) is 6.42 Å². The number of hydrogen-bond acceptors (Lipinski definition) is 8. The van der Waals surface area contributed by atoms with E-state index < -0.39 is 43.3 Å². The molecule has 0 radical (unpaired) electrons. The Bertz CT molecular complexity index is 547. The van der Waals surface area contributed by atoms with Crippen molar-refractivity contribution < 1.29 is 40.2 Å². The lowest BCUT2D eigenvalue weighted by Crippen LogP contribution is -2.51. The Morgan fingerprint density at radius 2 is 0.949 bits per heavy atom. The molecule has 0 fully saturated rings. The Kier molecular flexibility index (Phi) is 25.6. The van der Waals surface area contributed by atoms with Gasteiger partial charge < -0.3 is 35.4 Å². The fourth-order valence-electron chi connectivity index (χ4n) is 5.03. The summed E-state index contributed by atoms with van der Waals surface area (Å²) < 4.78 is 4.96. The molecule has 0 bridgehead atoms. The third-order valence-electron chi connectivity index (χ3n) is 7.71. The second kappa shape index (κ2) is 26.1. The van der Waals surface area contributed by atoms with Gasteiger partial charge in [-0.1, -0.05) is 129 Å². The summed E-state index contributed by atoms with van der Waals surface area (Å²) in [5, 5.41) is 58.1. The predicted octanol–water partition coefficient (Wildman–Crippen LogP) is 5.13. The molecule has 8 heteroatoms. The summed E-state index contributed by atoms with van der Waals surface area (Å²) in [4.78, 5) is 12.5. The van der Waals surface area contributed by atoms with E-state index in [1.165, 1.54) is 89.9 Å². The topological polar surface area (TPSA) is 148 Å². The van der Waals surface area contributed by atoms with Crippen molar-refractivity contribution in [2.24, 2.45) is 5.92 Å². The first kappa shape index (κ1) is 38.2. The summed E-state index contributed by atoms with van der Waals surface area (Å²) in [5.41, 5.74) is 0. The van der Waals surface area contributed by atoms with Gasteiger partial charge in [-0.15, -0.1) is 0 Å². The van der Waals surface area contributed by atoms with Gasteiger partial charge in [0.25, 0.3) is 0 Å². The second-order valence-electron chi connectivity index (χ2n) is 11.4. The number of aliphatic hydroxyl groups is 6. The summed E-state index contributed by atoms with van der Waals surface area (Å²) in [6.45, 7) is 3.61. The zero-order valence-corrected chi connectivity index (χ0v) is 25.0. The van der Waals surface area contributed by atoms with Gasteiger partial charge in [0.2, 0.25) is 6.29 Å². The van der Waals surface area contributed by atoms with Gasteiger partial charge in [0.15, 0.2) is 0 Å². The predicted molar refractivity (Wildman–Crippen MR) is 155 cm³/mol. The largest absolute Gasteiger partial charge is 0.433 e. The van der Waals surface area contributed by atoms with Crippen molar-refractivity contribution in [2.75, 3.05) is 6.61 Å². The first-order chi connectivity index (χ1) is 18.8. The van der Waals surface area contributed by atoms with Crippen LogP contribution in [0.2, 0.25) is 0 Å². The molecule has 0 aromatic heterocycles. The minimum atomic E-state index is -2.05. The van der Waals surface area contributed by atoms with Crippen molar-refractivity contribution >= 4 is 5.97 Å². The van der Waals surface area contributed by atoms with Crippen LogP contribution >= 0.6 is 0 Å². The van der Waals surface area contributed by atoms with Crippen LogP contribution in [0.1, 0.15) is 149 Å². The monoisotopic (exact) mass is 562 g/mol. The minimum Gasteiger partial charge on any atom is -0.433 e. The lowest BCUT2D eigenvalue weighted by atomic mass is 9.91. The van der Waals surface area contributed by atoms with Gasteiger partial charge >= 0.3 is 5.97 Å². The first-order valence-electron chi connectivity index (χ1n) is 16.0. The van der Waals surface area contributed by atoms with E-state index in [-0.39, 0.29) is 12.3 Å². The maximum absolute atomic E-state index is 12.5. The lowest BCUT2D eigenvalue weighted by Gasteiger charge is -2.28. The maximum Gasteiger partial charge on any atom is 0.308 e. The summed E-state index contributed by atoms with van der Waals surface area (Å²) in [6, 6.07) is 0. The number of esters is 1. The van der Waals surface area contributed by atoms with Gasteiger partial charge in [-0.05, 0) is 18.8 Å². The van der Waals surface area contributed by atoms with Crippen LogP contribution in [0.3, 0.4) is 0 Å². The number of unbranched alkanes of at least 4 members (excludes halogenated alkanes) is 16. The van der Waals surface area contributed by atoms with Gasteiger partial charge in [0.05, 0.1) is 6.61 Å². The van der Waals surface area contributed by atoms with Crippen LogP contribution in [0, 0.1) is 5.92 Å². The summed E-state index contributed by atoms with van der Waals surface area (Å²) >= 11 is 0. The highest BCUT2D eigenvalue weighted by Crippen LogP contribution is 2.23. The highest BCUT2D eigenvalue weighted by molar-refractivity contribution is 5.69. The summed E-state index contributed by atoms with van der Waals surface area (Å²) in [5.74, 6) is -0.537. The Morgan fingerprint density at radius 1 is 0.564 bits per heavy atom. The molecule has 6 N–H and O–H groups in total. The Morgan fingerprint density at radius 3 is 1.33 bits per heavy atom. The fourth-order valence-corrected chi connectivity index (χ4v) is 5.03. The lowest BCUT2D eigenvalue weighted by molar-refractivity contribution is -0.214. The van der Waals surface area contributed by atoms with Crippen LogP contribution in [0.4, 0.5) is 0 Å². The van der Waals surface area contributed by atoms with Crippen molar-refractivity contribution in [1.82, 2.24) is 0 Å². The smallest absolute Gasteiger partial charge is 0.308 e. The molecule has 0 heterocycles. The van der Waals surface area contributed by atoms with E-state index in [1.54, 1.807) is 0 Å². The third kappa shape index (κ3) is 20.7. The highest BCUT2D eigenvalue weighted by Gasteiger charge is 2.36. The fraction of sp³-hybridized carbons (Fsp3) is 0.968. The van der Waals surface area contributed by atoms with Crippen LogP contribution in [-0.2, 0) is 9.53 Å². The molecule has 234 valence electrons. The SMILES string of the molecule is CCCCCCCCCCCCC(CCCCCCCCCC)CC(=O)OC(O)[C@H](O)[C@@H](O)[C@H](O)[C@H](O)CO. The van der Waals surface area contributed by atoms with Gasteiger partial charge in [-0.2, -0.15) is 0 Å². The maximum atomic E-state index is 12.5. The van der Waals surface area contributed by atoms with E-state index in [2.05, 4.69) is 13.8 Å². The molecule has 0 spiro atoms. The average molecular weight is 563 g/mol. The molecule has 6 atom stereocenters. The van der Waals surface area contributed by atoms with Crippen LogP contribution in [0.5, 0.6) is 0 Å². The van der Waals surface area contributed by atoms with E-state index in [9.17, 15) is 30.3 Å². The van der Waals surface area contributed by atoms with Crippen LogP contribution in [0.15, 0.2) is 0 Å². The zero-order valence-electron chi connectivity index (χ0n) is 25.0. The number of ether oxygens (including phenoxy) is 1. The molecule has 0 saturated carbocycles. The summed E-state index contributed by atoms with van der Waals surface area (Å²) in [6.07, 6.45) is 14.5. The van der Waals surface area contributed by atoms with Crippen LogP contribution in [-0.4, -0.2) is 73.9 Å². The molecule has 0 aliphatic heterocycles. The van der Waals surface area contributed by atoms with Gasteiger partial charge in [-0.25, -0.2) is 0 Å². The highest BCUT2D eigenvalue weighted by atomic mass is 16.6. The molecule has 0 rings (SSSR count). The first-order valence-corrected chi connectivity index (χ1v) is 16.0. The number of aliphatic hydroxyl groups excluding tert-OH is 6. The molecule has 0 amide bonds. The van der Waals surface area contributed by atoms with Crippen molar-refractivity contribution in [3.63, 3.8) is 0 Å².